The molecule has 49 heavy (non-hydrogen) atoms. The highest BCUT2D eigenvalue weighted by Crippen LogP contribution is 2.29. The molecule has 0 unspecified atom stereocenters. The van der Waals surface area contributed by atoms with Crippen molar-refractivity contribution in [1.82, 2.24) is 19.5 Å². The van der Waals surface area contributed by atoms with Crippen molar-refractivity contribution in [2.75, 3.05) is 49.2 Å². The van der Waals surface area contributed by atoms with Crippen molar-refractivity contribution >= 4 is 44.9 Å². The Labute approximate surface area is 298 Å². The summed E-state index contributed by atoms with van der Waals surface area (Å²) in [6.45, 7) is 17.6. The molecule has 4 aromatic rings. The predicted molar refractivity (Wildman–Crippen MR) is 197 cm³/mol. The van der Waals surface area contributed by atoms with Crippen molar-refractivity contribution < 1.29 is 24.2 Å². The lowest BCUT2D eigenvalue weighted by Gasteiger charge is -2.25. The summed E-state index contributed by atoms with van der Waals surface area (Å²) in [7, 11) is 0. The highest BCUT2D eigenvalue weighted by molar-refractivity contribution is 7.16. The molecule has 6 heterocycles. The summed E-state index contributed by atoms with van der Waals surface area (Å²) < 4.78 is 11.9. The van der Waals surface area contributed by atoms with E-state index >= 15 is 0 Å². The number of H-pyrrole nitrogens is 1. The molecule has 0 radical (unpaired) electrons. The van der Waals surface area contributed by atoms with E-state index in [-0.39, 0.29) is 18.5 Å². The Morgan fingerprint density at radius 3 is 1.80 bits per heavy atom. The molecule has 2 aliphatic heterocycles. The number of ether oxygens (including phenoxy) is 2. The first-order valence-corrected chi connectivity index (χ1v) is 19.0. The Balaban J connectivity index is 0.000000183. The van der Waals surface area contributed by atoms with Crippen LogP contribution in [0.2, 0.25) is 0 Å². The lowest BCUT2D eigenvalue weighted by Crippen LogP contribution is -2.29. The molecule has 0 amide bonds. The van der Waals surface area contributed by atoms with Crippen LogP contribution < -0.4 is 9.80 Å². The Kier molecular flexibility index (Phi) is 14.7. The van der Waals surface area contributed by atoms with Crippen LogP contribution in [0, 0.1) is 27.7 Å². The number of aryl methyl sites for hydroxylation is 4. The molecular weight excluding hydrogens is 661 g/mol. The van der Waals surface area contributed by atoms with Crippen LogP contribution in [0.1, 0.15) is 106 Å². The van der Waals surface area contributed by atoms with Gasteiger partial charge in [-0.25, -0.2) is 19.6 Å². The summed E-state index contributed by atoms with van der Waals surface area (Å²) in [5.74, 6) is -0.560. The van der Waals surface area contributed by atoms with Gasteiger partial charge in [0.25, 0.3) is 0 Å². The zero-order valence-electron chi connectivity index (χ0n) is 29.8. The molecule has 0 aliphatic carbocycles. The third-order valence-corrected chi connectivity index (χ3v) is 10.5. The number of aliphatic hydroxyl groups is 1. The summed E-state index contributed by atoms with van der Waals surface area (Å²) in [4.78, 5) is 42.3. The van der Waals surface area contributed by atoms with E-state index in [1.54, 1.807) is 41.9 Å². The normalized spacial score (nSPS) is 14.4. The largest absolute Gasteiger partial charge is 0.461 e. The molecular formula is C36H52N6O5S2. The fraction of sp³-hybridized carbons (Fsp3) is 0.556. The van der Waals surface area contributed by atoms with Gasteiger partial charge in [0.05, 0.1) is 37.8 Å². The van der Waals surface area contributed by atoms with Gasteiger partial charge in [-0.05, 0) is 103 Å². The molecule has 11 nitrogen and oxygen atoms in total. The van der Waals surface area contributed by atoms with Crippen LogP contribution in [-0.2, 0) is 22.6 Å². The van der Waals surface area contributed by atoms with Gasteiger partial charge in [0.15, 0.2) is 10.3 Å². The molecule has 0 aromatic carbocycles. The first-order valence-electron chi connectivity index (χ1n) is 17.3. The minimum atomic E-state index is -0.291. The number of aliphatic hydroxyl groups excluding tert-OH is 1. The summed E-state index contributed by atoms with van der Waals surface area (Å²) in [6.07, 6.45) is 11.5. The second-order valence-corrected chi connectivity index (χ2v) is 14.7. The van der Waals surface area contributed by atoms with Crippen LogP contribution in [0.3, 0.4) is 0 Å². The van der Waals surface area contributed by atoms with Gasteiger partial charge in [0, 0.05) is 48.3 Å². The van der Waals surface area contributed by atoms with Crippen LogP contribution in [0.15, 0.2) is 24.5 Å². The SMILES string of the molecule is CCOC(=O)c1cc(C)c[nH]1.CCOC(=O)c1cc(C)cn1Cc1nc(N2CCCCC2)sc1C.Cc1sc(N2CCCCC2)nc1CO. The molecule has 0 saturated carbocycles. The number of carbonyl (C=O) groups excluding carboxylic acids is 2. The maximum atomic E-state index is 12.1. The molecule has 2 saturated heterocycles. The van der Waals surface area contributed by atoms with E-state index in [1.807, 2.05) is 44.5 Å². The number of rotatable bonds is 9. The van der Waals surface area contributed by atoms with Crippen LogP contribution in [0.4, 0.5) is 10.3 Å². The lowest BCUT2D eigenvalue weighted by atomic mass is 10.1. The van der Waals surface area contributed by atoms with Crippen molar-refractivity contribution in [3.8, 4) is 0 Å². The molecule has 0 bridgehead atoms. The topological polar surface area (TPSA) is 126 Å². The predicted octanol–water partition coefficient (Wildman–Crippen LogP) is 7.21. The molecule has 6 rings (SSSR count). The Morgan fingerprint density at radius 2 is 1.31 bits per heavy atom. The molecule has 0 spiro atoms. The van der Waals surface area contributed by atoms with Crippen molar-refractivity contribution in [2.45, 2.75) is 93.2 Å². The monoisotopic (exact) mass is 712 g/mol. The standard InChI is InChI=1S/C18H25N3O2S.C10H16N2OS.C8H11NO2/c1-4-23-17(22)16-10-13(2)11-21(16)12-15-14(3)24-18(19-15)20-8-6-5-7-9-20;1-8-9(7-13)11-10(14-8)12-5-3-2-4-6-12;1-3-11-8(10)7-4-6(2)5-9-7/h10-11H,4-9,12H2,1-3H3;13H,2-7H2,1H3;4-5,9H,3H2,1-2H3. The van der Waals surface area contributed by atoms with Crippen LogP contribution in [0.25, 0.3) is 0 Å². The number of piperidine rings is 2. The summed E-state index contributed by atoms with van der Waals surface area (Å²) in [6, 6.07) is 3.64. The number of nitrogens with zero attached hydrogens (tertiary/aromatic N) is 5. The van der Waals surface area contributed by atoms with Gasteiger partial charge in [-0.3, -0.25) is 0 Å². The molecule has 4 aromatic heterocycles. The highest BCUT2D eigenvalue weighted by atomic mass is 32.1. The minimum Gasteiger partial charge on any atom is -0.461 e. The number of carbonyl (C=O) groups is 2. The minimum absolute atomic E-state index is 0.0656. The van der Waals surface area contributed by atoms with E-state index in [0.29, 0.717) is 31.1 Å². The Morgan fingerprint density at radius 1 is 0.776 bits per heavy atom. The number of thiazole rings is 2. The smallest absolute Gasteiger partial charge is 0.354 e. The fourth-order valence-corrected chi connectivity index (χ4v) is 7.65. The van der Waals surface area contributed by atoms with E-state index < -0.39 is 0 Å². The van der Waals surface area contributed by atoms with E-state index in [2.05, 4.69) is 26.7 Å². The number of aromatic nitrogens is 4. The maximum absolute atomic E-state index is 12.1. The van der Waals surface area contributed by atoms with Gasteiger partial charge in [-0.1, -0.05) is 0 Å². The zero-order chi connectivity index (χ0) is 35.3. The number of anilines is 2. The van der Waals surface area contributed by atoms with Gasteiger partial charge in [0.2, 0.25) is 0 Å². The van der Waals surface area contributed by atoms with Gasteiger partial charge < -0.3 is 33.9 Å². The number of nitrogens with one attached hydrogen (secondary N) is 1. The molecule has 2 aliphatic rings. The van der Waals surface area contributed by atoms with Crippen molar-refractivity contribution in [2.24, 2.45) is 0 Å². The number of aromatic amines is 1. The first kappa shape index (κ1) is 38.1. The van der Waals surface area contributed by atoms with Crippen molar-refractivity contribution in [3.05, 3.63) is 68.2 Å². The number of hydrogen-bond acceptors (Lipinski definition) is 11. The second kappa shape index (κ2) is 18.9. The molecule has 13 heteroatoms. The molecule has 268 valence electrons. The number of hydrogen-bond donors (Lipinski definition) is 2. The highest BCUT2D eigenvalue weighted by Gasteiger charge is 2.20. The average molecular weight is 713 g/mol. The van der Waals surface area contributed by atoms with Crippen LogP contribution >= 0.6 is 22.7 Å². The zero-order valence-corrected chi connectivity index (χ0v) is 31.5. The average Bonchev–Trinajstić information content (AvgIpc) is 3.89. The molecule has 0 atom stereocenters. The van der Waals surface area contributed by atoms with Gasteiger partial charge in [0.1, 0.15) is 11.4 Å². The number of esters is 2. The van der Waals surface area contributed by atoms with Crippen LogP contribution in [0.5, 0.6) is 0 Å². The van der Waals surface area contributed by atoms with Gasteiger partial charge in [-0.2, -0.15) is 0 Å². The third-order valence-electron chi connectivity index (χ3n) is 8.33. The Bertz CT molecular complexity index is 1630. The van der Waals surface area contributed by atoms with E-state index in [0.717, 1.165) is 63.8 Å². The first-order chi connectivity index (χ1) is 23.6. The molecule has 2 fully saturated rings. The third kappa shape index (κ3) is 10.9. The van der Waals surface area contributed by atoms with E-state index in [1.165, 1.54) is 43.4 Å². The summed E-state index contributed by atoms with van der Waals surface area (Å²) in [5, 5.41) is 11.3. The Hall–Kier alpha value is -3.68. The van der Waals surface area contributed by atoms with Crippen molar-refractivity contribution in [1.29, 1.82) is 0 Å². The van der Waals surface area contributed by atoms with Gasteiger partial charge >= 0.3 is 11.9 Å². The van der Waals surface area contributed by atoms with Gasteiger partial charge in [-0.15, -0.1) is 22.7 Å². The van der Waals surface area contributed by atoms with Crippen molar-refractivity contribution in [3.63, 3.8) is 0 Å². The van der Waals surface area contributed by atoms with Crippen LogP contribution in [-0.4, -0.2) is 76.0 Å². The fourth-order valence-electron chi connectivity index (χ4n) is 5.71. The molecule has 2 N–H and O–H groups in total. The second-order valence-electron chi connectivity index (χ2n) is 12.3. The lowest BCUT2D eigenvalue weighted by molar-refractivity contribution is 0.0507. The van der Waals surface area contributed by atoms with E-state index in [9.17, 15) is 9.59 Å². The van der Waals surface area contributed by atoms with E-state index in [4.69, 9.17) is 19.6 Å². The summed E-state index contributed by atoms with van der Waals surface area (Å²) in [5.41, 5.74) is 5.10. The quantitative estimate of drug-likeness (QED) is 0.173. The summed E-state index contributed by atoms with van der Waals surface area (Å²) >= 11 is 3.46. The maximum Gasteiger partial charge on any atom is 0.354 e.